The molecule has 0 bridgehead atoms. The van der Waals surface area contributed by atoms with E-state index in [9.17, 15) is 19.7 Å². The van der Waals surface area contributed by atoms with Crippen LogP contribution in [0.15, 0.2) is 66.7 Å². The molecule has 7 rings (SSSR count). The van der Waals surface area contributed by atoms with Crippen LogP contribution in [-0.4, -0.2) is 40.9 Å². The summed E-state index contributed by atoms with van der Waals surface area (Å²) < 4.78 is 11.0. The number of carbonyl (C=O) groups is 2. The predicted molar refractivity (Wildman–Crippen MR) is 133 cm³/mol. The molecule has 0 saturated carbocycles. The van der Waals surface area contributed by atoms with E-state index in [1.165, 1.54) is 6.07 Å². The lowest BCUT2D eigenvalue weighted by atomic mass is 9.68. The molecule has 1 amide bonds. The van der Waals surface area contributed by atoms with Gasteiger partial charge >= 0.3 is 0 Å². The Morgan fingerprint density at radius 3 is 2.76 bits per heavy atom. The number of nitrogens with one attached hydrogen (secondary N) is 1. The first-order chi connectivity index (χ1) is 18.0. The number of ether oxygens (including phenoxy) is 2. The van der Waals surface area contributed by atoms with Crippen LogP contribution < -0.4 is 14.8 Å². The molecule has 1 N–H and O–H groups in total. The molecule has 0 unspecified atom stereocenters. The molecular weight excluding hydrogens is 474 g/mol. The standard InChI is InChI=1S/C28H23N3O6/c32-26(17-10-11-22-23(14-17)37-15-36-22)25-24(16-5-3-6-18(13-16)31(34)35)21-9-4-12-30(21)28(25)19-7-1-2-8-20(19)29-27(28)33/h1-3,5-8,10-11,13-14,21,24-25H,4,9,12,15H2,(H,29,33)/t21-,24-,25-,28-/m0/s1. The van der Waals surface area contributed by atoms with Crippen LogP contribution in [0.25, 0.3) is 0 Å². The molecule has 0 aliphatic carbocycles. The van der Waals surface area contributed by atoms with Crippen LogP contribution in [0, 0.1) is 16.0 Å². The Kier molecular flexibility index (Phi) is 4.68. The summed E-state index contributed by atoms with van der Waals surface area (Å²) in [6.45, 7) is 0.741. The Balaban J connectivity index is 1.46. The number of benzene rings is 3. The first-order valence-corrected chi connectivity index (χ1v) is 12.4. The predicted octanol–water partition coefficient (Wildman–Crippen LogP) is 4.23. The van der Waals surface area contributed by atoms with Gasteiger partial charge in [-0.1, -0.05) is 30.3 Å². The fourth-order valence-corrected chi connectivity index (χ4v) is 6.97. The van der Waals surface area contributed by atoms with Gasteiger partial charge in [-0.15, -0.1) is 0 Å². The molecule has 2 saturated heterocycles. The van der Waals surface area contributed by atoms with Gasteiger partial charge in [-0.3, -0.25) is 24.6 Å². The summed E-state index contributed by atoms with van der Waals surface area (Å²) in [6, 6.07) is 19.0. The van der Waals surface area contributed by atoms with Crippen molar-refractivity contribution in [3.8, 4) is 11.5 Å². The Hall–Kier alpha value is -4.24. The molecule has 9 heteroatoms. The monoisotopic (exact) mass is 497 g/mol. The number of nitrogens with zero attached hydrogens (tertiary/aromatic N) is 2. The quantitative estimate of drug-likeness (QED) is 0.326. The van der Waals surface area contributed by atoms with Gasteiger partial charge in [0.2, 0.25) is 12.7 Å². The number of non-ortho nitro benzene ring substituents is 1. The van der Waals surface area contributed by atoms with Crippen LogP contribution in [0.1, 0.15) is 40.2 Å². The fourth-order valence-electron chi connectivity index (χ4n) is 6.97. The van der Waals surface area contributed by atoms with E-state index < -0.39 is 22.3 Å². The maximum Gasteiger partial charge on any atom is 0.269 e. The number of carbonyl (C=O) groups excluding carboxylic acids is 2. The number of hydrogen-bond acceptors (Lipinski definition) is 7. The van der Waals surface area contributed by atoms with Gasteiger partial charge in [-0.05, 0) is 49.2 Å². The number of rotatable bonds is 4. The minimum atomic E-state index is -1.22. The van der Waals surface area contributed by atoms with Gasteiger partial charge in [-0.25, -0.2) is 0 Å². The highest BCUT2D eigenvalue weighted by Crippen LogP contribution is 2.61. The summed E-state index contributed by atoms with van der Waals surface area (Å²) in [5, 5.41) is 14.7. The SMILES string of the molecule is O=C(c1ccc2c(c1)OCO2)[C@@H]1[C@@H](c2cccc([N+](=O)[O-])c2)[C@@H]2CCCN2[C@]12C(=O)Nc1ccccc12. The molecule has 0 aromatic heterocycles. The number of amides is 1. The van der Waals surface area contributed by atoms with Crippen LogP contribution in [-0.2, 0) is 10.3 Å². The highest BCUT2D eigenvalue weighted by molar-refractivity contribution is 6.12. The van der Waals surface area contributed by atoms with Crippen molar-refractivity contribution in [3.63, 3.8) is 0 Å². The van der Waals surface area contributed by atoms with Gasteiger partial charge in [0.25, 0.3) is 5.69 Å². The fraction of sp³-hybridized carbons (Fsp3) is 0.286. The Morgan fingerprint density at radius 2 is 1.89 bits per heavy atom. The van der Waals surface area contributed by atoms with Crippen molar-refractivity contribution in [2.75, 3.05) is 18.7 Å². The van der Waals surface area contributed by atoms with Gasteiger partial charge in [0, 0.05) is 40.9 Å². The summed E-state index contributed by atoms with van der Waals surface area (Å²) in [5.41, 5.74) is 1.33. The second-order valence-electron chi connectivity index (χ2n) is 9.96. The lowest BCUT2D eigenvalue weighted by Gasteiger charge is -2.36. The molecule has 4 aliphatic rings. The van der Waals surface area contributed by atoms with E-state index in [1.807, 2.05) is 30.3 Å². The van der Waals surface area contributed by atoms with Gasteiger partial charge in [0.1, 0.15) is 5.54 Å². The van der Waals surface area contributed by atoms with E-state index >= 15 is 0 Å². The van der Waals surface area contributed by atoms with E-state index in [-0.39, 0.29) is 30.2 Å². The number of ketones is 1. The number of Topliss-reactive ketones (excluding diaryl/α,β-unsaturated/α-hetero) is 1. The van der Waals surface area contributed by atoms with Crippen LogP contribution in [0.2, 0.25) is 0 Å². The number of nitro benzene ring substituents is 1. The third-order valence-corrected chi connectivity index (χ3v) is 8.31. The molecule has 4 heterocycles. The molecule has 9 nitrogen and oxygen atoms in total. The lowest BCUT2D eigenvalue weighted by Crippen LogP contribution is -2.52. The molecule has 4 aliphatic heterocycles. The average molecular weight is 498 g/mol. The molecular formula is C28H23N3O6. The smallest absolute Gasteiger partial charge is 0.269 e. The summed E-state index contributed by atoms with van der Waals surface area (Å²) in [6.07, 6.45) is 1.66. The summed E-state index contributed by atoms with van der Waals surface area (Å²) in [5.74, 6) is -0.594. The van der Waals surface area contributed by atoms with Crippen molar-refractivity contribution in [1.82, 2.24) is 4.90 Å². The molecule has 0 radical (unpaired) electrons. The van der Waals surface area contributed by atoms with Crippen molar-refractivity contribution in [2.45, 2.75) is 30.3 Å². The minimum absolute atomic E-state index is 0.0338. The van der Waals surface area contributed by atoms with E-state index in [1.54, 1.807) is 30.3 Å². The number of para-hydroxylation sites is 1. The first-order valence-electron chi connectivity index (χ1n) is 12.4. The topological polar surface area (TPSA) is 111 Å². The number of hydrogen-bond donors (Lipinski definition) is 1. The molecule has 1 spiro atoms. The van der Waals surface area contributed by atoms with Gasteiger partial charge in [0.15, 0.2) is 17.3 Å². The highest BCUT2D eigenvalue weighted by atomic mass is 16.7. The summed E-state index contributed by atoms with van der Waals surface area (Å²) in [4.78, 5) is 42.0. The van der Waals surface area contributed by atoms with Crippen molar-refractivity contribution >= 4 is 23.1 Å². The minimum Gasteiger partial charge on any atom is -0.454 e. The largest absolute Gasteiger partial charge is 0.454 e. The maximum atomic E-state index is 14.6. The molecule has 3 aromatic carbocycles. The summed E-state index contributed by atoms with van der Waals surface area (Å²) >= 11 is 0. The average Bonchev–Trinajstić information content (AvgIpc) is 3.67. The van der Waals surface area contributed by atoms with Gasteiger partial charge in [0.05, 0.1) is 10.8 Å². The molecule has 3 aromatic rings. The molecule has 4 atom stereocenters. The van der Waals surface area contributed by atoms with E-state index in [0.29, 0.717) is 34.9 Å². The molecule has 2 fully saturated rings. The number of anilines is 1. The second kappa shape index (κ2) is 7.88. The normalized spacial score (nSPS) is 27.2. The Labute approximate surface area is 212 Å². The zero-order chi connectivity index (χ0) is 25.3. The van der Waals surface area contributed by atoms with Crippen molar-refractivity contribution in [2.24, 2.45) is 5.92 Å². The maximum absolute atomic E-state index is 14.6. The molecule has 37 heavy (non-hydrogen) atoms. The van der Waals surface area contributed by atoms with Crippen LogP contribution in [0.4, 0.5) is 11.4 Å². The van der Waals surface area contributed by atoms with Crippen molar-refractivity contribution in [1.29, 1.82) is 0 Å². The van der Waals surface area contributed by atoms with Crippen LogP contribution >= 0.6 is 0 Å². The number of nitro groups is 1. The zero-order valence-electron chi connectivity index (χ0n) is 19.8. The summed E-state index contributed by atoms with van der Waals surface area (Å²) in [7, 11) is 0. The van der Waals surface area contributed by atoms with E-state index in [2.05, 4.69) is 10.2 Å². The third-order valence-electron chi connectivity index (χ3n) is 8.31. The van der Waals surface area contributed by atoms with E-state index in [4.69, 9.17) is 9.47 Å². The molecule has 186 valence electrons. The van der Waals surface area contributed by atoms with Crippen molar-refractivity contribution in [3.05, 3.63) is 93.5 Å². The number of fused-ring (bicyclic) bond motifs is 5. The lowest BCUT2D eigenvalue weighted by molar-refractivity contribution is -0.384. The zero-order valence-corrected chi connectivity index (χ0v) is 19.8. The first kappa shape index (κ1) is 22.0. The van der Waals surface area contributed by atoms with E-state index in [0.717, 1.165) is 18.4 Å². The van der Waals surface area contributed by atoms with Crippen LogP contribution in [0.3, 0.4) is 0 Å². The van der Waals surface area contributed by atoms with Gasteiger partial charge < -0.3 is 14.8 Å². The van der Waals surface area contributed by atoms with Crippen LogP contribution in [0.5, 0.6) is 11.5 Å². The Morgan fingerprint density at radius 1 is 1.05 bits per heavy atom. The highest BCUT2D eigenvalue weighted by Gasteiger charge is 2.69. The Bertz CT molecular complexity index is 1490. The second-order valence-corrected chi connectivity index (χ2v) is 9.96. The van der Waals surface area contributed by atoms with Gasteiger partial charge in [-0.2, -0.15) is 0 Å². The van der Waals surface area contributed by atoms with Crippen molar-refractivity contribution < 1.29 is 24.0 Å². The third kappa shape index (κ3) is 2.94.